The molecule has 0 saturated heterocycles. The standard InChI is InChI=1S/C7H12N4OS/c1-5-10-6(4-13-5)2-9-3-7(8)11-12/h4,9,12H,2-3H2,1H3,(H2,8,11). The zero-order valence-electron chi connectivity index (χ0n) is 7.32. The summed E-state index contributed by atoms with van der Waals surface area (Å²) >= 11 is 1.61. The Kier molecular flexibility index (Phi) is 3.66. The van der Waals surface area contributed by atoms with Crippen molar-refractivity contribution in [1.82, 2.24) is 10.3 Å². The van der Waals surface area contributed by atoms with Crippen molar-refractivity contribution in [3.63, 3.8) is 0 Å². The molecule has 0 atom stereocenters. The van der Waals surface area contributed by atoms with Crippen LogP contribution in [0.25, 0.3) is 0 Å². The summed E-state index contributed by atoms with van der Waals surface area (Å²) in [6.45, 7) is 2.96. The van der Waals surface area contributed by atoms with E-state index in [0.717, 1.165) is 10.7 Å². The average Bonchev–Trinajstić information content (AvgIpc) is 2.51. The molecule has 0 radical (unpaired) electrons. The molecule has 0 aliphatic heterocycles. The van der Waals surface area contributed by atoms with Crippen LogP contribution < -0.4 is 11.1 Å². The largest absolute Gasteiger partial charge is 0.409 e. The molecule has 0 saturated carbocycles. The molecule has 13 heavy (non-hydrogen) atoms. The van der Waals surface area contributed by atoms with Crippen LogP contribution in [0.1, 0.15) is 10.7 Å². The fourth-order valence-corrected chi connectivity index (χ4v) is 1.46. The van der Waals surface area contributed by atoms with E-state index in [1.54, 1.807) is 11.3 Å². The number of hydrogen-bond acceptors (Lipinski definition) is 5. The monoisotopic (exact) mass is 200 g/mol. The highest BCUT2D eigenvalue weighted by Gasteiger charge is 1.97. The predicted molar refractivity (Wildman–Crippen MR) is 52.0 cm³/mol. The van der Waals surface area contributed by atoms with Crippen LogP contribution in [-0.4, -0.2) is 22.6 Å². The summed E-state index contributed by atoms with van der Waals surface area (Å²) in [5, 5.41) is 17.1. The van der Waals surface area contributed by atoms with Crippen LogP contribution in [0.15, 0.2) is 10.5 Å². The van der Waals surface area contributed by atoms with E-state index in [-0.39, 0.29) is 5.84 Å². The molecule has 0 fully saturated rings. The molecule has 0 aromatic carbocycles. The molecule has 1 heterocycles. The zero-order chi connectivity index (χ0) is 9.68. The highest BCUT2D eigenvalue weighted by atomic mass is 32.1. The van der Waals surface area contributed by atoms with E-state index in [4.69, 9.17) is 10.9 Å². The van der Waals surface area contributed by atoms with Crippen molar-refractivity contribution in [3.8, 4) is 0 Å². The molecule has 72 valence electrons. The lowest BCUT2D eigenvalue weighted by atomic mass is 10.4. The molecule has 1 rings (SSSR count). The molecule has 0 aliphatic carbocycles. The second kappa shape index (κ2) is 4.78. The van der Waals surface area contributed by atoms with E-state index in [0.29, 0.717) is 13.1 Å². The van der Waals surface area contributed by atoms with Crippen LogP contribution in [0, 0.1) is 6.92 Å². The number of aromatic nitrogens is 1. The van der Waals surface area contributed by atoms with Gasteiger partial charge in [0.25, 0.3) is 0 Å². The number of aryl methyl sites for hydroxylation is 1. The van der Waals surface area contributed by atoms with Gasteiger partial charge in [-0.1, -0.05) is 5.16 Å². The van der Waals surface area contributed by atoms with E-state index >= 15 is 0 Å². The van der Waals surface area contributed by atoms with Gasteiger partial charge in [0.1, 0.15) is 0 Å². The highest BCUT2D eigenvalue weighted by molar-refractivity contribution is 7.09. The number of thiazole rings is 1. The van der Waals surface area contributed by atoms with Crippen molar-refractivity contribution in [2.24, 2.45) is 10.9 Å². The summed E-state index contributed by atoms with van der Waals surface area (Å²) in [5.74, 6) is 0.173. The number of nitrogens with zero attached hydrogens (tertiary/aromatic N) is 2. The molecule has 5 nitrogen and oxygen atoms in total. The van der Waals surface area contributed by atoms with Crippen molar-refractivity contribution in [2.75, 3.05) is 6.54 Å². The van der Waals surface area contributed by atoms with Crippen molar-refractivity contribution in [2.45, 2.75) is 13.5 Å². The number of nitrogens with one attached hydrogen (secondary N) is 1. The quantitative estimate of drug-likeness (QED) is 0.282. The Morgan fingerprint density at radius 2 is 2.62 bits per heavy atom. The first-order valence-corrected chi connectivity index (χ1v) is 4.68. The van der Waals surface area contributed by atoms with E-state index in [9.17, 15) is 0 Å². The van der Waals surface area contributed by atoms with Gasteiger partial charge in [0.15, 0.2) is 5.84 Å². The molecule has 0 spiro atoms. The Bertz CT molecular complexity index is 296. The van der Waals surface area contributed by atoms with E-state index in [1.807, 2.05) is 12.3 Å². The molecule has 0 amide bonds. The number of rotatable bonds is 4. The smallest absolute Gasteiger partial charge is 0.153 e. The summed E-state index contributed by atoms with van der Waals surface area (Å²) in [6, 6.07) is 0. The van der Waals surface area contributed by atoms with Gasteiger partial charge in [-0.05, 0) is 6.92 Å². The van der Waals surface area contributed by atoms with Gasteiger partial charge in [-0.3, -0.25) is 0 Å². The van der Waals surface area contributed by atoms with Crippen LogP contribution in [0.5, 0.6) is 0 Å². The van der Waals surface area contributed by atoms with Gasteiger partial charge in [-0.15, -0.1) is 11.3 Å². The molecule has 1 aromatic heterocycles. The van der Waals surface area contributed by atoms with Gasteiger partial charge in [-0.25, -0.2) is 4.98 Å². The molecule has 1 aromatic rings. The highest BCUT2D eigenvalue weighted by Crippen LogP contribution is 2.06. The number of amidine groups is 1. The number of nitrogens with two attached hydrogens (primary N) is 1. The Morgan fingerprint density at radius 3 is 3.15 bits per heavy atom. The number of oxime groups is 1. The topological polar surface area (TPSA) is 83.5 Å². The summed E-state index contributed by atoms with van der Waals surface area (Å²) < 4.78 is 0. The second-order valence-electron chi connectivity index (χ2n) is 2.55. The Morgan fingerprint density at radius 1 is 1.85 bits per heavy atom. The third-order valence-electron chi connectivity index (χ3n) is 1.41. The summed E-state index contributed by atoms with van der Waals surface area (Å²) in [6.07, 6.45) is 0. The molecule has 6 heteroatoms. The summed E-state index contributed by atoms with van der Waals surface area (Å²) in [4.78, 5) is 4.25. The maximum Gasteiger partial charge on any atom is 0.153 e. The van der Waals surface area contributed by atoms with Crippen LogP contribution >= 0.6 is 11.3 Å². The minimum Gasteiger partial charge on any atom is -0.409 e. The van der Waals surface area contributed by atoms with Crippen molar-refractivity contribution < 1.29 is 5.21 Å². The lowest BCUT2D eigenvalue weighted by Gasteiger charge is -1.99. The van der Waals surface area contributed by atoms with Gasteiger partial charge < -0.3 is 16.3 Å². The van der Waals surface area contributed by atoms with Gasteiger partial charge in [0.2, 0.25) is 0 Å². The SMILES string of the molecule is Cc1nc(CNCC(N)=NO)cs1. The van der Waals surface area contributed by atoms with Crippen LogP contribution in [0.4, 0.5) is 0 Å². The lowest BCUT2D eigenvalue weighted by molar-refractivity contribution is 0.317. The maximum atomic E-state index is 8.25. The molecule has 0 bridgehead atoms. The minimum atomic E-state index is 0.173. The van der Waals surface area contributed by atoms with Crippen LogP contribution in [0.3, 0.4) is 0 Å². The lowest BCUT2D eigenvalue weighted by Crippen LogP contribution is -2.28. The second-order valence-corrected chi connectivity index (χ2v) is 3.61. The molecule has 0 unspecified atom stereocenters. The summed E-state index contributed by atoms with van der Waals surface area (Å²) in [5.41, 5.74) is 6.24. The van der Waals surface area contributed by atoms with E-state index in [1.165, 1.54) is 0 Å². The van der Waals surface area contributed by atoms with Gasteiger partial charge in [0.05, 0.1) is 17.2 Å². The van der Waals surface area contributed by atoms with Crippen molar-refractivity contribution in [1.29, 1.82) is 0 Å². The summed E-state index contributed by atoms with van der Waals surface area (Å²) in [7, 11) is 0. The zero-order valence-corrected chi connectivity index (χ0v) is 8.14. The average molecular weight is 200 g/mol. The van der Waals surface area contributed by atoms with Gasteiger partial charge in [-0.2, -0.15) is 0 Å². The molecule has 0 aliphatic rings. The molecular weight excluding hydrogens is 188 g/mol. The minimum absolute atomic E-state index is 0.173. The predicted octanol–water partition coefficient (Wildman–Crippen LogP) is 0.288. The first kappa shape index (κ1) is 9.94. The fourth-order valence-electron chi connectivity index (χ4n) is 0.843. The van der Waals surface area contributed by atoms with Crippen molar-refractivity contribution in [3.05, 3.63) is 16.1 Å². The molecule has 4 N–H and O–H groups in total. The van der Waals surface area contributed by atoms with E-state index < -0.39 is 0 Å². The maximum absolute atomic E-state index is 8.25. The fraction of sp³-hybridized carbons (Fsp3) is 0.429. The molecular formula is C7H12N4OS. The van der Waals surface area contributed by atoms with E-state index in [2.05, 4.69) is 15.5 Å². The Balaban J connectivity index is 2.28. The third kappa shape index (κ3) is 3.39. The van der Waals surface area contributed by atoms with Gasteiger partial charge in [0, 0.05) is 11.9 Å². The van der Waals surface area contributed by atoms with Gasteiger partial charge >= 0.3 is 0 Å². The Hall–Kier alpha value is -1.14. The number of hydrogen-bond donors (Lipinski definition) is 3. The first-order valence-electron chi connectivity index (χ1n) is 3.80. The van der Waals surface area contributed by atoms with Crippen LogP contribution in [-0.2, 0) is 6.54 Å². The van der Waals surface area contributed by atoms with Crippen molar-refractivity contribution >= 4 is 17.2 Å². The normalized spacial score (nSPS) is 11.9. The van der Waals surface area contributed by atoms with Crippen LogP contribution in [0.2, 0.25) is 0 Å². The Labute approximate surface area is 80.3 Å². The first-order chi connectivity index (χ1) is 6.22. The third-order valence-corrected chi connectivity index (χ3v) is 2.23.